The molecule has 1 unspecified atom stereocenters. The second-order valence-corrected chi connectivity index (χ2v) is 11.8. The normalized spacial score (nSPS) is 14.8. The summed E-state index contributed by atoms with van der Waals surface area (Å²) >= 11 is 0. The summed E-state index contributed by atoms with van der Waals surface area (Å²) in [5.74, 6) is -0.302. The Morgan fingerprint density at radius 1 is 0.977 bits per heavy atom. The van der Waals surface area contributed by atoms with E-state index in [1.165, 1.54) is 24.5 Å². The van der Waals surface area contributed by atoms with Gasteiger partial charge >= 0.3 is 0 Å². The van der Waals surface area contributed by atoms with Crippen molar-refractivity contribution < 1.29 is 4.39 Å². The second kappa shape index (κ2) is 11.3. The Hall–Kier alpha value is -4.44. The lowest BCUT2D eigenvalue weighted by Crippen LogP contribution is -2.26. The molecule has 2 aromatic carbocycles. The highest BCUT2D eigenvalue weighted by atomic mass is 19.1. The first-order valence-electron chi connectivity index (χ1n) is 14.8. The van der Waals surface area contributed by atoms with Crippen LogP contribution in [0.3, 0.4) is 0 Å². The molecule has 0 spiro atoms. The van der Waals surface area contributed by atoms with Crippen LogP contribution in [0.2, 0.25) is 0 Å². The Balaban J connectivity index is 1.25. The number of nitrogens with zero attached hydrogens (tertiary/aromatic N) is 5. The van der Waals surface area contributed by atoms with Crippen molar-refractivity contribution in [2.45, 2.75) is 25.4 Å². The van der Waals surface area contributed by atoms with Gasteiger partial charge in [-0.15, -0.1) is 0 Å². The minimum absolute atomic E-state index is 0.294. The molecule has 4 aromatic heterocycles. The van der Waals surface area contributed by atoms with Gasteiger partial charge in [-0.25, -0.2) is 9.37 Å². The number of fused-ring (bicyclic) bond motifs is 2. The SMILES string of the molecule is CN(C)CC(N)c1cc(F)cc(-c2cccc3[nH]c(-c4n[nH]c5ccc(-c6cncc(CN7CCCC7)c6)nc45)cc23)c1. The van der Waals surface area contributed by atoms with E-state index in [9.17, 15) is 4.39 Å². The topological polar surface area (TPSA) is 103 Å². The van der Waals surface area contributed by atoms with E-state index in [0.29, 0.717) is 6.54 Å². The third kappa shape index (κ3) is 5.54. The van der Waals surface area contributed by atoms with Gasteiger partial charge in [0.25, 0.3) is 0 Å². The number of hydrogen-bond acceptors (Lipinski definition) is 6. The average molecular weight is 575 g/mol. The van der Waals surface area contributed by atoms with Crippen LogP contribution >= 0.6 is 0 Å². The zero-order valence-electron chi connectivity index (χ0n) is 24.4. The first kappa shape index (κ1) is 27.4. The van der Waals surface area contributed by atoms with Crippen molar-refractivity contribution >= 4 is 21.9 Å². The molecule has 0 saturated carbocycles. The second-order valence-electron chi connectivity index (χ2n) is 11.8. The van der Waals surface area contributed by atoms with E-state index in [0.717, 1.165) is 80.9 Å². The van der Waals surface area contributed by atoms with Gasteiger partial charge in [-0.3, -0.25) is 15.0 Å². The lowest BCUT2D eigenvalue weighted by molar-refractivity contribution is 0.331. The number of aromatic nitrogens is 5. The fraction of sp³-hybridized carbons (Fsp3) is 0.265. The van der Waals surface area contributed by atoms with Crippen molar-refractivity contribution in [3.05, 3.63) is 90.0 Å². The highest BCUT2D eigenvalue weighted by Gasteiger charge is 2.18. The van der Waals surface area contributed by atoms with Crippen molar-refractivity contribution in [3.63, 3.8) is 0 Å². The van der Waals surface area contributed by atoms with E-state index in [1.54, 1.807) is 6.07 Å². The Morgan fingerprint density at radius 2 is 1.84 bits per heavy atom. The molecule has 0 radical (unpaired) electrons. The van der Waals surface area contributed by atoms with Crippen LogP contribution in [0.5, 0.6) is 0 Å². The number of benzene rings is 2. The number of nitrogens with one attached hydrogen (secondary N) is 2. The standard InChI is InChI=1S/C34H35FN8/c1-42(2)20-28(36)23-13-22(14-25(35)15-23)26-6-5-7-30-27(26)16-32(38-30)34-33-31(40-41-34)9-8-29(39-33)24-12-21(17-37-18-24)19-43-10-3-4-11-43/h5-9,12-18,28,38H,3-4,10-11,19-20,36H2,1-2H3,(H,40,41). The number of likely N-dealkylation sites (N-methyl/N-ethyl adjacent to an activating group) is 1. The third-order valence-corrected chi connectivity index (χ3v) is 8.24. The van der Waals surface area contributed by atoms with Gasteiger partial charge in [-0.05, 0) is 111 Å². The lowest BCUT2D eigenvalue weighted by atomic mass is 9.97. The van der Waals surface area contributed by atoms with Crippen LogP contribution in [0.25, 0.3) is 55.7 Å². The minimum Gasteiger partial charge on any atom is -0.353 e. The van der Waals surface area contributed by atoms with E-state index >= 15 is 0 Å². The van der Waals surface area contributed by atoms with Crippen LogP contribution < -0.4 is 5.73 Å². The van der Waals surface area contributed by atoms with E-state index in [2.05, 4.69) is 37.2 Å². The fourth-order valence-corrected chi connectivity index (χ4v) is 6.18. The number of nitrogens with two attached hydrogens (primary N) is 1. The summed E-state index contributed by atoms with van der Waals surface area (Å²) in [4.78, 5) is 17.6. The van der Waals surface area contributed by atoms with Crippen LogP contribution in [0.1, 0.15) is 30.0 Å². The molecule has 43 heavy (non-hydrogen) atoms. The van der Waals surface area contributed by atoms with Gasteiger partial charge in [0.2, 0.25) is 0 Å². The zero-order chi connectivity index (χ0) is 29.5. The summed E-state index contributed by atoms with van der Waals surface area (Å²) < 4.78 is 14.8. The summed E-state index contributed by atoms with van der Waals surface area (Å²) in [5.41, 5.74) is 16.0. The number of pyridine rings is 2. The average Bonchev–Trinajstić information content (AvgIpc) is 3.76. The molecule has 9 heteroatoms. The van der Waals surface area contributed by atoms with Gasteiger partial charge in [0.15, 0.2) is 0 Å². The number of hydrogen-bond donors (Lipinski definition) is 3. The molecule has 6 aromatic rings. The van der Waals surface area contributed by atoms with Crippen LogP contribution in [0.4, 0.5) is 4.39 Å². The quantitative estimate of drug-likeness (QED) is 0.202. The van der Waals surface area contributed by atoms with Gasteiger partial charge < -0.3 is 15.6 Å². The fourth-order valence-electron chi connectivity index (χ4n) is 6.18. The van der Waals surface area contributed by atoms with Gasteiger partial charge in [-0.2, -0.15) is 5.10 Å². The molecule has 0 amide bonds. The van der Waals surface area contributed by atoms with Gasteiger partial charge in [0, 0.05) is 48.0 Å². The van der Waals surface area contributed by atoms with Crippen molar-refractivity contribution in [2.75, 3.05) is 33.7 Å². The smallest absolute Gasteiger partial charge is 0.135 e. The van der Waals surface area contributed by atoms with E-state index in [-0.39, 0.29) is 11.9 Å². The molecule has 1 saturated heterocycles. The molecule has 8 nitrogen and oxygen atoms in total. The highest BCUT2D eigenvalue weighted by Crippen LogP contribution is 2.35. The van der Waals surface area contributed by atoms with Gasteiger partial charge in [0.05, 0.1) is 16.9 Å². The Morgan fingerprint density at radius 3 is 2.67 bits per heavy atom. The highest BCUT2D eigenvalue weighted by molar-refractivity contribution is 6.00. The van der Waals surface area contributed by atoms with Crippen molar-refractivity contribution in [1.82, 2.24) is 34.9 Å². The Kier molecular flexibility index (Phi) is 7.22. The van der Waals surface area contributed by atoms with Crippen LogP contribution in [0, 0.1) is 5.82 Å². The molecule has 218 valence electrons. The largest absolute Gasteiger partial charge is 0.353 e. The maximum Gasteiger partial charge on any atom is 0.135 e. The summed E-state index contributed by atoms with van der Waals surface area (Å²) in [6.45, 7) is 3.82. The summed E-state index contributed by atoms with van der Waals surface area (Å²) in [6.07, 6.45) is 6.34. The molecule has 1 fully saturated rings. The van der Waals surface area contributed by atoms with Crippen molar-refractivity contribution in [1.29, 1.82) is 0 Å². The number of aromatic amines is 2. The molecule has 1 atom stereocenters. The van der Waals surface area contributed by atoms with Crippen LogP contribution in [-0.4, -0.2) is 68.7 Å². The maximum atomic E-state index is 14.8. The number of likely N-dealkylation sites (tertiary alicyclic amines) is 1. The molecular formula is C34H35FN8. The minimum atomic E-state index is -0.302. The Labute approximate surface area is 249 Å². The van der Waals surface area contributed by atoms with Gasteiger partial charge in [0.1, 0.15) is 17.0 Å². The summed E-state index contributed by atoms with van der Waals surface area (Å²) in [7, 11) is 3.92. The first-order chi connectivity index (χ1) is 20.9. The Bertz CT molecular complexity index is 1920. The predicted molar refractivity (Wildman–Crippen MR) is 170 cm³/mol. The van der Waals surface area contributed by atoms with E-state index in [1.807, 2.05) is 67.8 Å². The molecule has 0 aliphatic carbocycles. The van der Waals surface area contributed by atoms with Crippen LogP contribution in [0.15, 0.2) is 73.1 Å². The lowest BCUT2D eigenvalue weighted by Gasteiger charge is -2.18. The molecule has 1 aliphatic heterocycles. The monoisotopic (exact) mass is 574 g/mol. The molecule has 1 aliphatic rings. The van der Waals surface area contributed by atoms with Crippen LogP contribution in [-0.2, 0) is 6.54 Å². The van der Waals surface area contributed by atoms with Gasteiger partial charge in [-0.1, -0.05) is 12.1 Å². The van der Waals surface area contributed by atoms with E-state index < -0.39 is 0 Å². The number of halogens is 1. The number of H-pyrrole nitrogens is 2. The third-order valence-electron chi connectivity index (χ3n) is 8.24. The maximum absolute atomic E-state index is 14.8. The van der Waals surface area contributed by atoms with Crippen molar-refractivity contribution in [3.8, 4) is 33.8 Å². The van der Waals surface area contributed by atoms with Crippen molar-refractivity contribution in [2.24, 2.45) is 5.73 Å². The summed E-state index contributed by atoms with van der Waals surface area (Å²) in [6, 6.07) is 19.1. The molecule has 5 heterocycles. The molecular weight excluding hydrogens is 539 g/mol. The zero-order valence-corrected chi connectivity index (χ0v) is 24.4. The molecule has 7 rings (SSSR count). The summed E-state index contributed by atoms with van der Waals surface area (Å²) in [5, 5.41) is 8.75. The van der Waals surface area contributed by atoms with E-state index in [4.69, 9.17) is 10.7 Å². The predicted octanol–water partition coefficient (Wildman–Crippen LogP) is 6.13. The molecule has 4 N–H and O–H groups in total. The number of rotatable bonds is 8. The molecule has 0 bridgehead atoms. The first-order valence-corrected chi connectivity index (χ1v) is 14.8.